The number of rotatable bonds is 2. The van der Waals surface area contributed by atoms with Gasteiger partial charge in [0, 0.05) is 0 Å². The summed E-state index contributed by atoms with van der Waals surface area (Å²) in [5, 5.41) is 17.2. The van der Waals surface area contributed by atoms with Crippen molar-refractivity contribution < 1.29 is 10.2 Å². The van der Waals surface area contributed by atoms with Gasteiger partial charge in [0.2, 0.25) is 0 Å². The molecule has 50 valence electrons. The Hall–Kier alpha value is -0.0805. The standard InChI is InChI=1S/C6H8O2Se/c7-3-5-1-2-6(4-8)9-5/h1-2,7-8H,3-4H2. The molecule has 0 saturated carbocycles. The summed E-state index contributed by atoms with van der Waals surface area (Å²) in [5.41, 5.74) is 0. The molecule has 0 aliphatic carbocycles. The predicted octanol–water partition coefficient (Wildman–Crippen LogP) is -0.272. The quantitative estimate of drug-likeness (QED) is 0.631. The van der Waals surface area contributed by atoms with Crippen LogP contribution in [0.4, 0.5) is 0 Å². The summed E-state index contributed by atoms with van der Waals surface area (Å²) in [6.45, 7) is 0.278. The summed E-state index contributed by atoms with van der Waals surface area (Å²) in [6.07, 6.45) is 0. The van der Waals surface area contributed by atoms with Crippen molar-refractivity contribution in [2.45, 2.75) is 13.2 Å². The predicted molar refractivity (Wildman–Crippen MR) is 35.2 cm³/mol. The Labute approximate surface area is 59.5 Å². The average Bonchev–Trinajstić information content (AvgIpc) is 2.34. The molecule has 1 rings (SSSR count). The van der Waals surface area contributed by atoms with Crippen LogP contribution in [0.2, 0.25) is 0 Å². The third kappa shape index (κ3) is 1.66. The van der Waals surface area contributed by atoms with E-state index < -0.39 is 0 Å². The summed E-state index contributed by atoms with van der Waals surface area (Å²) in [7, 11) is 0. The van der Waals surface area contributed by atoms with E-state index in [9.17, 15) is 0 Å². The molecular formula is C6H8O2Se. The summed E-state index contributed by atoms with van der Waals surface area (Å²) < 4.78 is 2.10. The van der Waals surface area contributed by atoms with Gasteiger partial charge in [-0.1, -0.05) is 0 Å². The molecule has 0 radical (unpaired) electrons. The van der Waals surface area contributed by atoms with E-state index in [1.54, 1.807) is 0 Å². The molecule has 0 aliphatic heterocycles. The zero-order valence-corrected chi connectivity index (χ0v) is 6.58. The van der Waals surface area contributed by atoms with E-state index in [-0.39, 0.29) is 27.7 Å². The SMILES string of the molecule is OCc1ccc(CO)[se]1. The van der Waals surface area contributed by atoms with Gasteiger partial charge in [-0.15, -0.1) is 0 Å². The van der Waals surface area contributed by atoms with Crippen LogP contribution in [-0.2, 0) is 13.2 Å². The molecule has 9 heavy (non-hydrogen) atoms. The van der Waals surface area contributed by atoms with Crippen molar-refractivity contribution >= 4 is 14.5 Å². The van der Waals surface area contributed by atoms with E-state index in [2.05, 4.69) is 0 Å². The van der Waals surface area contributed by atoms with Crippen LogP contribution in [0.5, 0.6) is 0 Å². The topological polar surface area (TPSA) is 40.5 Å². The van der Waals surface area contributed by atoms with Crippen molar-refractivity contribution in [3.63, 3.8) is 0 Å². The maximum absolute atomic E-state index is 8.61. The molecule has 0 aliphatic rings. The zero-order valence-electron chi connectivity index (χ0n) is 4.87. The van der Waals surface area contributed by atoms with Crippen LogP contribution in [0.1, 0.15) is 8.87 Å². The van der Waals surface area contributed by atoms with E-state index in [1.165, 1.54) is 0 Å². The van der Waals surface area contributed by atoms with Crippen molar-refractivity contribution in [3.05, 3.63) is 21.0 Å². The minimum atomic E-state index is 0.139. The van der Waals surface area contributed by atoms with Gasteiger partial charge in [-0.05, 0) is 0 Å². The maximum atomic E-state index is 8.61. The Morgan fingerprint density at radius 2 is 1.56 bits per heavy atom. The Bertz CT molecular complexity index is 164. The Morgan fingerprint density at radius 3 is 1.78 bits per heavy atom. The van der Waals surface area contributed by atoms with E-state index in [0.29, 0.717) is 0 Å². The molecule has 2 N–H and O–H groups in total. The van der Waals surface area contributed by atoms with Crippen molar-refractivity contribution in [2.75, 3.05) is 0 Å². The fourth-order valence-corrected chi connectivity index (χ4v) is 2.14. The zero-order chi connectivity index (χ0) is 6.69. The van der Waals surface area contributed by atoms with Crippen molar-refractivity contribution in [3.8, 4) is 0 Å². The molecule has 0 bridgehead atoms. The van der Waals surface area contributed by atoms with E-state index >= 15 is 0 Å². The van der Waals surface area contributed by atoms with Gasteiger partial charge in [-0.25, -0.2) is 0 Å². The molecule has 0 atom stereocenters. The number of hydrogen-bond acceptors (Lipinski definition) is 2. The van der Waals surface area contributed by atoms with Crippen molar-refractivity contribution in [2.24, 2.45) is 0 Å². The second kappa shape index (κ2) is 3.18. The Morgan fingerprint density at radius 1 is 1.11 bits per heavy atom. The number of hydrogen-bond donors (Lipinski definition) is 2. The molecule has 0 spiro atoms. The third-order valence-corrected chi connectivity index (χ3v) is 3.24. The number of aliphatic hydroxyl groups is 2. The monoisotopic (exact) mass is 192 g/mol. The molecule has 0 unspecified atom stereocenters. The van der Waals surface area contributed by atoms with Crippen LogP contribution in [0, 0.1) is 0 Å². The molecule has 0 aromatic carbocycles. The normalized spacial score (nSPS) is 10.0. The second-order valence-corrected chi connectivity index (χ2v) is 4.31. The summed E-state index contributed by atoms with van der Waals surface area (Å²) in [4.78, 5) is 0. The van der Waals surface area contributed by atoms with Crippen LogP contribution < -0.4 is 0 Å². The van der Waals surface area contributed by atoms with Gasteiger partial charge in [-0.3, -0.25) is 0 Å². The van der Waals surface area contributed by atoms with Crippen molar-refractivity contribution in [1.82, 2.24) is 0 Å². The van der Waals surface area contributed by atoms with Crippen LogP contribution >= 0.6 is 0 Å². The first-order chi connectivity index (χ1) is 4.36. The molecule has 3 heteroatoms. The van der Waals surface area contributed by atoms with Gasteiger partial charge in [-0.2, -0.15) is 0 Å². The summed E-state index contributed by atoms with van der Waals surface area (Å²) in [5.74, 6) is 0. The molecule has 1 aromatic heterocycles. The average molecular weight is 191 g/mol. The third-order valence-electron chi connectivity index (χ3n) is 1.03. The van der Waals surface area contributed by atoms with Gasteiger partial charge >= 0.3 is 58.9 Å². The molecule has 0 saturated heterocycles. The van der Waals surface area contributed by atoms with Crippen LogP contribution in [0.3, 0.4) is 0 Å². The first-order valence-corrected chi connectivity index (χ1v) is 4.37. The molecule has 0 amide bonds. The molecular weight excluding hydrogens is 183 g/mol. The van der Waals surface area contributed by atoms with Gasteiger partial charge < -0.3 is 0 Å². The van der Waals surface area contributed by atoms with Gasteiger partial charge in [0.05, 0.1) is 0 Å². The molecule has 0 fully saturated rings. The first kappa shape index (κ1) is 7.03. The fraction of sp³-hybridized carbons (Fsp3) is 0.333. The van der Waals surface area contributed by atoms with Gasteiger partial charge in [0.15, 0.2) is 0 Å². The number of aliphatic hydroxyl groups excluding tert-OH is 2. The van der Waals surface area contributed by atoms with Crippen LogP contribution in [0.25, 0.3) is 0 Å². The molecule has 2 nitrogen and oxygen atoms in total. The Balaban J connectivity index is 2.74. The van der Waals surface area contributed by atoms with E-state index in [0.717, 1.165) is 8.87 Å². The van der Waals surface area contributed by atoms with Gasteiger partial charge in [0.25, 0.3) is 0 Å². The summed E-state index contributed by atoms with van der Waals surface area (Å²) in [6, 6.07) is 3.76. The molecule has 1 heterocycles. The van der Waals surface area contributed by atoms with Crippen LogP contribution in [0.15, 0.2) is 12.1 Å². The Kier molecular flexibility index (Phi) is 2.48. The van der Waals surface area contributed by atoms with E-state index in [4.69, 9.17) is 10.2 Å². The second-order valence-electron chi connectivity index (χ2n) is 1.68. The molecule has 1 aromatic rings. The van der Waals surface area contributed by atoms with Gasteiger partial charge in [0.1, 0.15) is 0 Å². The van der Waals surface area contributed by atoms with Crippen LogP contribution in [-0.4, -0.2) is 24.7 Å². The van der Waals surface area contributed by atoms with E-state index in [1.807, 2.05) is 12.1 Å². The minimum absolute atomic E-state index is 0.139. The van der Waals surface area contributed by atoms with Crippen molar-refractivity contribution in [1.29, 1.82) is 0 Å². The fourth-order valence-electron chi connectivity index (χ4n) is 0.592. The summed E-state index contributed by atoms with van der Waals surface area (Å²) >= 11 is 0.226. The first-order valence-electron chi connectivity index (χ1n) is 2.66.